The molecule has 1 saturated heterocycles. The number of benzene rings is 1. The van der Waals surface area contributed by atoms with E-state index >= 15 is 0 Å². The standard InChI is InChI=1S/C12H16BrNOS/c1-2-11-7-16(15)8-12(14-11)9-3-5-10(13)6-4-9/h3-6,11-12,14H,2,7-8H2,1H3. The molecule has 0 amide bonds. The molecule has 16 heavy (non-hydrogen) atoms. The van der Waals surface area contributed by atoms with Gasteiger partial charge < -0.3 is 5.32 Å². The van der Waals surface area contributed by atoms with Crippen molar-refractivity contribution >= 4 is 26.7 Å². The van der Waals surface area contributed by atoms with Crippen LogP contribution in [0, 0.1) is 0 Å². The van der Waals surface area contributed by atoms with E-state index in [1.807, 2.05) is 12.1 Å². The maximum Gasteiger partial charge on any atom is 0.0439 e. The first-order chi connectivity index (χ1) is 7.69. The fourth-order valence-corrected chi connectivity index (χ4v) is 3.82. The highest BCUT2D eigenvalue weighted by atomic mass is 79.9. The van der Waals surface area contributed by atoms with Crippen LogP contribution in [0.15, 0.2) is 28.7 Å². The van der Waals surface area contributed by atoms with E-state index < -0.39 is 10.8 Å². The molecule has 1 fully saturated rings. The van der Waals surface area contributed by atoms with Crippen LogP contribution < -0.4 is 5.32 Å². The maximum absolute atomic E-state index is 11.7. The van der Waals surface area contributed by atoms with Crippen molar-refractivity contribution in [1.82, 2.24) is 5.32 Å². The third-order valence-electron chi connectivity index (χ3n) is 2.94. The molecule has 0 spiro atoms. The second-order valence-electron chi connectivity index (χ2n) is 4.15. The molecule has 0 radical (unpaired) electrons. The Kier molecular flexibility index (Phi) is 4.16. The van der Waals surface area contributed by atoms with Crippen molar-refractivity contribution in [3.63, 3.8) is 0 Å². The van der Waals surface area contributed by atoms with Gasteiger partial charge in [0, 0.05) is 38.9 Å². The Morgan fingerprint density at radius 3 is 2.69 bits per heavy atom. The lowest BCUT2D eigenvalue weighted by Crippen LogP contribution is -2.44. The smallest absolute Gasteiger partial charge is 0.0439 e. The summed E-state index contributed by atoms with van der Waals surface area (Å²) in [4.78, 5) is 0. The largest absolute Gasteiger partial charge is 0.305 e. The monoisotopic (exact) mass is 301 g/mol. The number of hydrogen-bond acceptors (Lipinski definition) is 2. The van der Waals surface area contributed by atoms with E-state index in [4.69, 9.17) is 0 Å². The van der Waals surface area contributed by atoms with E-state index in [1.54, 1.807) is 0 Å². The van der Waals surface area contributed by atoms with E-state index in [2.05, 4.69) is 40.3 Å². The lowest BCUT2D eigenvalue weighted by molar-refractivity contribution is 0.456. The van der Waals surface area contributed by atoms with Gasteiger partial charge in [-0.3, -0.25) is 4.21 Å². The fourth-order valence-electron chi connectivity index (χ4n) is 1.98. The van der Waals surface area contributed by atoms with Crippen molar-refractivity contribution in [3.05, 3.63) is 34.3 Å². The summed E-state index contributed by atoms with van der Waals surface area (Å²) in [5.41, 5.74) is 1.23. The average Bonchev–Trinajstić information content (AvgIpc) is 2.29. The van der Waals surface area contributed by atoms with Gasteiger partial charge in [0.1, 0.15) is 0 Å². The normalized spacial score (nSPS) is 30.2. The minimum atomic E-state index is -0.680. The van der Waals surface area contributed by atoms with Crippen molar-refractivity contribution in [2.24, 2.45) is 0 Å². The molecule has 0 bridgehead atoms. The first-order valence-electron chi connectivity index (χ1n) is 5.55. The maximum atomic E-state index is 11.7. The van der Waals surface area contributed by atoms with Crippen LogP contribution in [0.5, 0.6) is 0 Å². The van der Waals surface area contributed by atoms with Gasteiger partial charge in [-0.05, 0) is 24.1 Å². The average molecular weight is 302 g/mol. The zero-order chi connectivity index (χ0) is 11.5. The molecule has 0 aromatic heterocycles. The topological polar surface area (TPSA) is 29.1 Å². The SMILES string of the molecule is CCC1CS(=O)CC(c2ccc(Br)cc2)N1. The van der Waals surface area contributed by atoms with Crippen LogP contribution in [0.2, 0.25) is 0 Å². The summed E-state index contributed by atoms with van der Waals surface area (Å²) in [7, 11) is -0.680. The molecule has 2 nitrogen and oxygen atoms in total. The molecule has 2 rings (SSSR count). The molecule has 3 atom stereocenters. The van der Waals surface area contributed by atoms with Crippen LogP contribution in [-0.4, -0.2) is 21.8 Å². The van der Waals surface area contributed by atoms with Gasteiger partial charge in [-0.1, -0.05) is 35.0 Å². The van der Waals surface area contributed by atoms with Crippen molar-refractivity contribution in [2.45, 2.75) is 25.4 Å². The molecule has 1 aliphatic heterocycles. The zero-order valence-corrected chi connectivity index (χ0v) is 11.7. The Morgan fingerprint density at radius 2 is 2.06 bits per heavy atom. The van der Waals surface area contributed by atoms with Crippen LogP contribution in [0.25, 0.3) is 0 Å². The summed E-state index contributed by atoms with van der Waals surface area (Å²) < 4.78 is 12.8. The molecule has 1 aliphatic rings. The van der Waals surface area contributed by atoms with Gasteiger partial charge >= 0.3 is 0 Å². The predicted octanol–water partition coefficient (Wildman–Crippen LogP) is 2.62. The van der Waals surface area contributed by atoms with Crippen LogP contribution in [-0.2, 0) is 10.8 Å². The van der Waals surface area contributed by atoms with Crippen LogP contribution >= 0.6 is 15.9 Å². The molecular weight excluding hydrogens is 286 g/mol. The molecule has 88 valence electrons. The van der Waals surface area contributed by atoms with Crippen LogP contribution in [0.3, 0.4) is 0 Å². The van der Waals surface area contributed by atoms with Crippen molar-refractivity contribution < 1.29 is 4.21 Å². The minimum Gasteiger partial charge on any atom is -0.305 e. The Bertz CT molecular complexity index is 379. The van der Waals surface area contributed by atoms with E-state index in [-0.39, 0.29) is 6.04 Å². The highest BCUT2D eigenvalue weighted by molar-refractivity contribution is 9.10. The number of hydrogen-bond donors (Lipinski definition) is 1. The van der Waals surface area contributed by atoms with Gasteiger partial charge in [-0.2, -0.15) is 0 Å². The van der Waals surface area contributed by atoms with Gasteiger partial charge in [0.25, 0.3) is 0 Å². The third kappa shape index (κ3) is 2.93. The summed E-state index contributed by atoms with van der Waals surface area (Å²) in [6.07, 6.45) is 1.04. The van der Waals surface area contributed by atoms with E-state index in [0.29, 0.717) is 6.04 Å². The molecule has 1 aromatic rings. The molecule has 0 aliphatic carbocycles. The van der Waals surface area contributed by atoms with Crippen molar-refractivity contribution in [1.29, 1.82) is 0 Å². The quantitative estimate of drug-likeness (QED) is 0.910. The van der Waals surface area contributed by atoms with E-state index in [9.17, 15) is 4.21 Å². The summed E-state index contributed by atoms with van der Waals surface area (Å²) in [5.74, 6) is 1.53. The Hall–Kier alpha value is -0.190. The fraction of sp³-hybridized carbons (Fsp3) is 0.500. The molecule has 1 heterocycles. The lowest BCUT2D eigenvalue weighted by Gasteiger charge is -2.30. The minimum absolute atomic E-state index is 0.243. The Labute approximate surface area is 107 Å². The van der Waals surface area contributed by atoms with Gasteiger partial charge in [0.15, 0.2) is 0 Å². The van der Waals surface area contributed by atoms with E-state index in [0.717, 1.165) is 22.4 Å². The summed E-state index contributed by atoms with van der Waals surface area (Å²) in [6, 6.07) is 8.90. The van der Waals surface area contributed by atoms with Gasteiger partial charge in [0.2, 0.25) is 0 Å². The number of rotatable bonds is 2. The molecule has 4 heteroatoms. The molecule has 3 unspecified atom stereocenters. The third-order valence-corrected chi connectivity index (χ3v) is 4.95. The molecular formula is C12H16BrNOS. The Balaban J connectivity index is 2.14. The highest BCUT2D eigenvalue weighted by Gasteiger charge is 2.25. The summed E-state index contributed by atoms with van der Waals surface area (Å²) in [6.45, 7) is 2.14. The van der Waals surface area contributed by atoms with E-state index in [1.165, 1.54) is 5.56 Å². The number of nitrogens with one attached hydrogen (secondary N) is 1. The first kappa shape index (κ1) is 12.3. The lowest BCUT2D eigenvalue weighted by atomic mass is 10.1. The van der Waals surface area contributed by atoms with Crippen LogP contribution in [0.4, 0.5) is 0 Å². The van der Waals surface area contributed by atoms with Crippen molar-refractivity contribution in [3.8, 4) is 0 Å². The zero-order valence-electron chi connectivity index (χ0n) is 9.28. The second kappa shape index (κ2) is 5.43. The summed E-state index contributed by atoms with van der Waals surface area (Å²) >= 11 is 3.43. The van der Waals surface area contributed by atoms with Crippen molar-refractivity contribution in [2.75, 3.05) is 11.5 Å². The van der Waals surface area contributed by atoms with Gasteiger partial charge in [-0.25, -0.2) is 0 Å². The Morgan fingerprint density at radius 1 is 1.38 bits per heavy atom. The molecule has 0 saturated carbocycles. The predicted molar refractivity (Wildman–Crippen MR) is 72.0 cm³/mol. The van der Waals surface area contributed by atoms with Gasteiger partial charge in [0.05, 0.1) is 0 Å². The molecule has 1 aromatic carbocycles. The number of halogens is 1. The molecule has 1 N–H and O–H groups in total. The van der Waals surface area contributed by atoms with Crippen LogP contribution in [0.1, 0.15) is 24.9 Å². The highest BCUT2D eigenvalue weighted by Crippen LogP contribution is 2.22. The summed E-state index contributed by atoms with van der Waals surface area (Å²) in [5, 5.41) is 3.56. The second-order valence-corrected chi connectivity index (χ2v) is 6.61. The first-order valence-corrected chi connectivity index (χ1v) is 7.83. The van der Waals surface area contributed by atoms with Gasteiger partial charge in [-0.15, -0.1) is 0 Å².